The Balaban J connectivity index is 2.79. The fourth-order valence-corrected chi connectivity index (χ4v) is 2.22. The summed E-state index contributed by atoms with van der Waals surface area (Å²) in [7, 11) is 0. The quantitative estimate of drug-likeness (QED) is 0.689. The van der Waals surface area contributed by atoms with E-state index < -0.39 is 11.2 Å². The van der Waals surface area contributed by atoms with Gasteiger partial charge in [0.15, 0.2) is 0 Å². The molecule has 0 saturated carbocycles. The molecule has 0 radical (unpaired) electrons. The van der Waals surface area contributed by atoms with Crippen LogP contribution in [-0.4, -0.2) is 14.7 Å². The number of benzene rings is 1. The fourth-order valence-electron chi connectivity index (χ4n) is 1.48. The van der Waals surface area contributed by atoms with Crippen molar-refractivity contribution in [2.45, 2.75) is 6.92 Å². The summed E-state index contributed by atoms with van der Waals surface area (Å²) in [6.45, 7) is 1.45. The molecule has 0 amide bonds. The first-order valence-electron chi connectivity index (χ1n) is 4.92. The van der Waals surface area contributed by atoms with Crippen molar-refractivity contribution in [1.82, 2.24) is 9.55 Å². The van der Waals surface area contributed by atoms with Gasteiger partial charge in [-0.1, -0.05) is 0 Å². The third-order valence-corrected chi connectivity index (χ3v) is 4.80. The number of rotatable bonds is 1. The lowest BCUT2D eigenvalue weighted by Crippen LogP contribution is -2.30. The fraction of sp³-hybridized carbons (Fsp3) is 0.0909. The van der Waals surface area contributed by atoms with Crippen LogP contribution in [-0.2, 0) is 0 Å². The van der Waals surface area contributed by atoms with Gasteiger partial charge in [-0.05, 0) is 63.6 Å². The van der Waals surface area contributed by atoms with E-state index in [0.29, 0.717) is 5.69 Å². The molecule has 18 heavy (non-hydrogen) atoms. The zero-order chi connectivity index (χ0) is 13.4. The van der Waals surface area contributed by atoms with E-state index in [4.69, 9.17) is 0 Å². The second-order valence-corrected chi connectivity index (χ2v) is 5.66. The highest BCUT2D eigenvalue weighted by Gasteiger charge is 2.12. The van der Waals surface area contributed by atoms with Crippen molar-refractivity contribution in [2.75, 3.05) is 0 Å². The molecular formula is C11H8BrIN2O3. The van der Waals surface area contributed by atoms with Crippen LogP contribution < -0.4 is 11.2 Å². The Bertz CT molecular complexity index is 736. The molecule has 0 fully saturated rings. The van der Waals surface area contributed by atoms with Crippen LogP contribution in [0.15, 0.2) is 32.3 Å². The van der Waals surface area contributed by atoms with Gasteiger partial charge < -0.3 is 5.11 Å². The average Bonchev–Trinajstić information content (AvgIpc) is 2.31. The average molecular weight is 423 g/mol. The summed E-state index contributed by atoms with van der Waals surface area (Å²) in [5.74, 6) is -0.345. The van der Waals surface area contributed by atoms with Gasteiger partial charge in [0.2, 0.25) is 5.88 Å². The Labute approximate surface area is 124 Å². The molecule has 0 aliphatic heterocycles. The van der Waals surface area contributed by atoms with Gasteiger partial charge in [-0.15, -0.1) is 0 Å². The summed E-state index contributed by atoms with van der Waals surface area (Å²) >= 11 is 5.45. The van der Waals surface area contributed by atoms with Crippen LogP contribution in [0, 0.1) is 10.5 Å². The SMILES string of the molecule is Cc1c(O)n(-c2ccc(Br)c(I)c2)c(=O)[nH]c1=O. The number of hydrogen-bond acceptors (Lipinski definition) is 3. The lowest BCUT2D eigenvalue weighted by molar-refractivity contribution is 0.426. The van der Waals surface area contributed by atoms with Crippen LogP contribution in [0.4, 0.5) is 0 Å². The monoisotopic (exact) mass is 422 g/mol. The second-order valence-electron chi connectivity index (χ2n) is 3.64. The van der Waals surface area contributed by atoms with E-state index in [9.17, 15) is 14.7 Å². The predicted octanol–water partition coefficient (Wildman–Crippen LogP) is 1.91. The smallest absolute Gasteiger partial charge is 0.335 e. The maximum absolute atomic E-state index is 11.7. The summed E-state index contributed by atoms with van der Waals surface area (Å²) in [6.07, 6.45) is 0. The van der Waals surface area contributed by atoms with Gasteiger partial charge in [-0.2, -0.15) is 0 Å². The molecule has 0 spiro atoms. The Hall–Kier alpha value is -1.09. The van der Waals surface area contributed by atoms with Gasteiger partial charge in [0.1, 0.15) is 0 Å². The molecule has 5 nitrogen and oxygen atoms in total. The number of halogens is 2. The third kappa shape index (κ3) is 2.24. The maximum atomic E-state index is 11.7. The van der Waals surface area contributed by atoms with Crippen molar-refractivity contribution in [3.63, 3.8) is 0 Å². The molecule has 7 heteroatoms. The topological polar surface area (TPSA) is 75.1 Å². The van der Waals surface area contributed by atoms with Gasteiger partial charge in [-0.25, -0.2) is 9.36 Å². The Kier molecular flexibility index (Phi) is 3.62. The highest BCUT2D eigenvalue weighted by molar-refractivity contribution is 14.1. The van der Waals surface area contributed by atoms with Crippen LogP contribution in [0.2, 0.25) is 0 Å². The first kappa shape index (κ1) is 13.3. The van der Waals surface area contributed by atoms with Gasteiger partial charge in [0, 0.05) is 8.04 Å². The lowest BCUT2D eigenvalue weighted by atomic mass is 10.3. The van der Waals surface area contributed by atoms with Crippen molar-refractivity contribution in [2.24, 2.45) is 0 Å². The molecule has 0 unspecified atom stereocenters. The van der Waals surface area contributed by atoms with Crippen molar-refractivity contribution in [3.8, 4) is 11.6 Å². The zero-order valence-electron chi connectivity index (χ0n) is 9.20. The van der Waals surface area contributed by atoms with E-state index in [-0.39, 0.29) is 11.4 Å². The minimum Gasteiger partial charge on any atom is -0.494 e. The van der Waals surface area contributed by atoms with E-state index in [2.05, 4.69) is 43.5 Å². The number of aromatic amines is 1. The van der Waals surface area contributed by atoms with E-state index in [1.165, 1.54) is 6.92 Å². The first-order valence-corrected chi connectivity index (χ1v) is 6.79. The molecule has 0 saturated heterocycles. The normalized spacial score (nSPS) is 10.6. The van der Waals surface area contributed by atoms with Crippen molar-refractivity contribution >= 4 is 38.5 Å². The van der Waals surface area contributed by atoms with Crippen LogP contribution in [0.1, 0.15) is 5.56 Å². The summed E-state index contributed by atoms with van der Waals surface area (Å²) in [5.41, 5.74) is -0.654. The first-order chi connectivity index (χ1) is 8.41. The molecule has 94 valence electrons. The highest BCUT2D eigenvalue weighted by atomic mass is 127. The molecule has 1 aromatic carbocycles. The van der Waals surface area contributed by atoms with E-state index in [1.54, 1.807) is 18.2 Å². The minimum atomic E-state index is -0.666. The molecule has 1 heterocycles. The van der Waals surface area contributed by atoms with E-state index in [0.717, 1.165) is 12.6 Å². The summed E-state index contributed by atoms with van der Waals surface area (Å²) in [5, 5.41) is 9.90. The molecule has 0 atom stereocenters. The van der Waals surface area contributed by atoms with E-state index in [1.807, 2.05) is 0 Å². The number of nitrogens with zero attached hydrogens (tertiary/aromatic N) is 1. The van der Waals surface area contributed by atoms with Crippen molar-refractivity contribution in [3.05, 3.63) is 52.6 Å². The Morgan fingerprint density at radius 3 is 2.67 bits per heavy atom. The molecule has 2 rings (SSSR count). The highest BCUT2D eigenvalue weighted by Crippen LogP contribution is 2.23. The molecule has 0 bridgehead atoms. The maximum Gasteiger partial charge on any atom is 0.335 e. The molecule has 0 aliphatic rings. The second kappa shape index (κ2) is 4.88. The van der Waals surface area contributed by atoms with Crippen molar-refractivity contribution in [1.29, 1.82) is 0 Å². The number of nitrogens with one attached hydrogen (secondary N) is 1. The van der Waals surface area contributed by atoms with Crippen LogP contribution in [0.3, 0.4) is 0 Å². The zero-order valence-corrected chi connectivity index (χ0v) is 12.9. The van der Waals surface area contributed by atoms with Gasteiger partial charge >= 0.3 is 5.69 Å². The molecule has 1 aromatic heterocycles. The van der Waals surface area contributed by atoms with Crippen LogP contribution in [0.5, 0.6) is 5.88 Å². The van der Waals surface area contributed by atoms with Crippen molar-refractivity contribution < 1.29 is 5.11 Å². The third-order valence-electron chi connectivity index (χ3n) is 2.47. The number of H-pyrrole nitrogens is 1. The summed E-state index contributed by atoms with van der Waals surface area (Å²) < 4.78 is 2.84. The number of aromatic nitrogens is 2. The standard InChI is InChI=1S/C11H8BrIN2O3/c1-5-9(16)14-11(18)15(10(5)17)6-2-3-7(12)8(13)4-6/h2-4,17H,1H3,(H,14,16,18). The van der Waals surface area contributed by atoms with Crippen LogP contribution >= 0.6 is 38.5 Å². The van der Waals surface area contributed by atoms with Gasteiger partial charge in [0.25, 0.3) is 5.56 Å². The van der Waals surface area contributed by atoms with Gasteiger partial charge in [0.05, 0.1) is 11.3 Å². The van der Waals surface area contributed by atoms with Gasteiger partial charge in [-0.3, -0.25) is 9.78 Å². The Morgan fingerprint density at radius 1 is 1.39 bits per heavy atom. The summed E-state index contributed by atoms with van der Waals surface area (Å²) in [4.78, 5) is 25.2. The number of hydrogen-bond donors (Lipinski definition) is 2. The largest absolute Gasteiger partial charge is 0.494 e. The number of aromatic hydroxyl groups is 1. The van der Waals surface area contributed by atoms with E-state index >= 15 is 0 Å². The predicted molar refractivity (Wildman–Crippen MR) is 79.5 cm³/mol. The molecular weight excluding hydrogens is 415 g/mol. The lowest BCUT2D eigenvalue weighted by Gasteiger charge is -2.10. The molecule has 0 aliphatic carbocycles. The minimum absolute atomic E-state index is 0.104. The Morgan fingerprint density at radius 2 is 2.06 bits per heavy atom. The molecule has 2 N–H and O–H groups in total. The summed E-state index contributed by atoms with van der Waals surface area (Å²) in [6, 6.07) is 5.16. The van der Waals surface area contributed by atoms with Crippen LogP contribution in [0.25, 0.3) is 5.69 Å². The molecule has 2 aromatic rings.